The molecule has 1 saturated carbocycles. The highest BCUT2D eigenvalue weighted by Gasteiger charge is 2.30. The van der Waals surface area contributed by atoms with Crippen LogP contribution in [0.25, 0.3) is 22.2 Å². The van der Waals surface area contributed by atoms with Crippen molar-refractivity contribution >= 4 is 22.8 Å². The molecule has 1 aliphatic carbocycles. The molecule has 47 heavy (non-hydrogen) atoms. The van der Waals surface area contributed by atoms with Gasteiger partial charge in [-0.1, -0.05) is 98.1 Å². The van der Waals surface area contributed by atoms with Gasteiger partial charge < -0.3 is 10.1 Å². The second-order valence-corrected chi connectivity index (χ2v) is 13.1. The van der Waals surface area contributed by atoms with Crippen LogP contribution in [0.5, 0.6) is 0 Å². The molecule has 7 nitrogen and oxygen atoms in total. The van der Waals surface area contributed by atoms with Crippen LogP contribution in [0, 0.1) is 5.92 Å². The van der Waals surface area contributed by atoms with E-state index in [4.69, 9.17) is 9.72 Å². The molecule has 246 valence electrons. The van der Waals surface area contributed by atoms with Crippen molar-refractivity contribution in [2.75, 3.05) is 39.3 Å². The van der Waals surface area contributed by atoms with Gasteiger partial charge in [0.25, 0.3) is 5.91 Å². The van der Waals surface area contributed by atoms with Gasteiger partial charge in [0, 0.05) is 61.8 Å². The number of carbonyl (C=O) groups excluding carboxylic acids is 2. The molecule has 0 unspecified atom stereocenters. The Bertz CT molecular complexity index is 1630. The zero-order chi connectivity index (χ0) is 32.6. The number of carbonyl (C=O) groups is 2. The Balaban J connectivity index is 1.27. The SMILES string of the molecule is CCOC(=O)[C@H](CN1CCN(Cc2c(-c3ccccc3)nc3ccccc3c2C(=O)N[C@@H](C)C2CCCCC2)CC1)c1ccccc1. The lowest BCUT2D eigenvalue weighted by Gasteiger charge is -2.36. The summed E-state index contributed by atoms with van der Waals surface area (Å²) in [5, 5.41) is 4.34. The van der Waals surface area contributed by atoms with Crippen molar-refractivity contribution < 1.29 is 14.3 Å². The summed E-state index contributed by atoms with van der Waals surface area (Å²) in [6, 6.07) is 28.4. The summed E-state index contributed by atoms with van der Waals surface area (Å²) in [6.07, 6.45) is 6.12. The minimum Gasteiger partial charge on any atom is -0.465 e. The number of amides is 1. The summed E-state index contributed by atoms with van der Waals surface area (Å²) in [4.78, 5) is 37.3. The van der Waals surface area contributed by atoms with E-state index >= 15 is 0 Å². The largest absolute Gasteiger partial charge is 0.465 e. The number of rotatable bonds is 11. The van der Waals surface area contributed by atoms with Crippen LogP contribution < -0.4 is 5.32 Å². The molecule has 2 heterocycles. The fourth-order valence-electron chi connectivity index (χ4n) is 7.39. The van der Waals surface area contributed by atoms with Crippen LogP contribution in [-0.2, 0) is 16.1 Å². The Morgan fingerprint density at radius 1 is 0.851 bits per heavy atom. The van der Waals surface area contributed by atoms with Gasteiger partial charge in [-0.15, -0.1) is 0 Å². The molecule has 0 bridgehead atoms. The maximum absolute atomic E-state index is 14.4. The van der Waals surface area contributed by atoms with Crippen LogP contribution in [-0.4, -0.2) is 72.0 Å². The normalized spacial score (nSPS) is 17.7. The zero-order valence-electron chi connectivity index (χ0n) is 27.9. The van der Waals surface area contributed by atoms with Crippen LogP contribution >= 0.6 is 0 Å². The molecule has 0 spiro atoms. The summed E-state index contributed by atoms with van der Waals surface area (Å²) in [7, 11) is 0. The highest BCUT2D eigenvalue weighted by Crippen LogP contribution is 2.33. The first-order chi connectivity index (χ1) is 23.0. The number of hydrogen-bond donors (Lipinski definition) is 1. The molecule has 4 aromatic rings. The molecule has 2 fully saturated rings. The molecule has 1 amide bonds. The number of piperazine rings is 1. The molecule has 2 aliphatic rings. The zero-order valence-corrected chi connectivity index (χ0v) is 27.9. The molecule has 7 heteroatoms. The van der Waals surface area contributed by atoms with Gasteiger partial charge in [0.05, 0.1) is 29.3 Å². The van der Waals surface area contributed by atoms with Gasteiger partial charge in [-0.3, -0.25) is 19.4 Å². The van der Waals surface area contributed by atoms with E-state index in [-0.39, 0.29) is 23.8 Å². The number of aromatic nitrogens is 1. The lowest BCUT2D eigenvalue weighted by molar-refractivity contribution is -0.145. The number of ether oxygens (including phenoxy) is 1. The third-order valence-electron chi connectivity index (χ3n) is 10.0. The van der Waals surface area contributed by atoms with Gasteiger partial charge in [-0.05, 0) is 44.2 Å². The van der Waals surface area contributed by atoms with Gasteiger partial charge in [-0.25, -0.2) is 4.98 Å². The van der Waals surface area contributed by atoms with Gasteiger partial charge in [0.1, 0.15) is 0 Å². The summed E-state index contributed by atoms with van der Waals surface area (Å²) in [6.45, 7) is 8.94. The number of esters is 1. The van der Waals surface area contributed by atoms with Crippen LogP contribution in [0.1, 0.15) is 73.4 Å². The molecule has 1 saturated heterocycles. The Morgan fingerprint density at radius 3 is 2.19 bits per heavy atom. The van der Waals surface area contributed by atoms with E-state index in [1.54, 1.807) is 0 Å². The van der Waals surface area contributed by atoms with E-state index in [1.165, 1.54) is 32.1 Å². The van der Waals surface area contributed by atoms with Gasteiger partial charge in [-0.2, -0.15) is 0 Å². The molecule has 1 aliphatic heterocycles. The van der Waals surface area contributed by atoms with Crippen molar-refractivity contribution in [3.63, 3.8) is 0 Å². The number of nitrogens with zero attached hydrogens (tertiary/aromatic N) is 3. The average Bonchev–Trinajstić information content (AvgIpc) is 3.12. The van der Waals surface area contributed by atoms with Crippen molar-refractivity contribution in [3.8, 4) is 11.3 Å². The van der Waals surface area contributed by atoms with Gasteiger partial charge >= 0.3 is 5.97 Å². The van der Waals surface area contributed by atoms with Crippen LogP contribution in [0.3, 0.4) is 0 Å². The minimum atomic E-state index is -0.321. The summed E-state index contributed by atoms with van der Waals surface area (Å²) < 4.78 is 5.47. The lowest BCUT2D eigenvalue weighted by Crippen LogP contribution is -2.48. The van der Waals surface area contributed by atoms with E-state index in [1.807, 2.05) is 79.7 Å². The predicted molar refractivity (Wildman–Crippen MR) is 188 cm³/mol. The van der Waals surface area contributed by atoms with Crippen molar-refractivity contribution in [1.82, 2.24) is 20.1 Å². The van der Waals surface area contributed by atoms with E-state index in [2.05, 4.69) is 34.2 Å². The van der Waals surface area contributed by atoms with Crippen molar-refractivity contribution in [2.24, 2.45) is 5.92 Å². The molecule has 6 rings (SSSR count). The minimum absolute atomic E-state index is 0.00682. The predicted octanol–water partition coefficient (Wildman–Crippen LogP) is 7.06. The van der Waals surface area contributed by atoms with Crippen molar-refractivity contribution in [1.29, 1.82) is 0 Å². The number of benzene rings is 3. The Morgan fingerprint density at radius 2 is 1.49 bits per heavy atom. The maximum atomic E-state index is 14.4. The van der Waals surface area contributed by atoms with E-state index in [9.17, 15) is 9.59 Å². The van der Waals surface area contributed by atoms with Crippen molar-refractivity contribution in [3.05, 3.63) is 102 Å². The second kappa shape index (κ2) is 15.7. The monoisotopic (exact) mass is 632 g/mol. The lowest BCUT2D eigenvalue weighted by atomic mass is 9.84. The molecule has 1 aromatic heterocycles. The molecule has 0 radical (unpaired) electrons. The van der Waals surface area contributed by atoms with Crippen LogP contribution in [0.2, 0.25) is 0 Å². The number of pyridine rings is 1. The first kappa shape index (κ1) is 32.9. The van der Waals surface area contributed by atoms with Crippen LogP contribution in [0.4, 0.5) is 0 Å². The van der Waals surface area contributed by atoms with Crippen molar-refractivity contribution in [2.45, 2.75) is 64.5 Å². The number of nitrogens with one attached hydrogen (secondary N) is 1. The van der Waals surface area contributed by atoms with E-state index < -0.39 is 0 Å². The number of hydrogen-bond acceptors (Lipinski definition) is 6. The fourth-order valence-corrected chi connectivity index (χ4v) is 7.39. The second-order valence-electron chi connectivity index (χ2n) is 13.1. The molecular weight excluding hydrogens is 584 g/mol. The summed E-state index contributed by atoms with van der Waals surface area (Å²) >= 11 is 0. The smallest absolute Gasteiger partial charge is 0.314 e. The highest BCUT2D eigenvalue weighted by atomic mass is 16.5. The maximum Gasteiger partial charge on any atom is 0.314 e. The topological polar surface area (TPSA) is 74.8 Å². The van der Waals surface area contributed by atoms with Gasteiger partial charge in [0.15, 0.2) is 0 Å². The Labute approximate surface area is 279 Å². The Kier molecular flexibility index (Phi) is 11.0. The van der Waals surface area contributed by atoms with Crippen LogP contribution in [0.15, 0.2) is 84.9 Å². The molecule has 3 aromatic carbocycles. The first-order valence-corrected chi connectivity index (χ1v) is 17.5. The van der Waals surface area contributed by atoms with Gasteiger partial charge in [0.2, 0.25) is 0 Å². The average molecular weight is 633 g/mol. The quantitative estimate of drug-likeness (QED) is 0.179. The molecule has 1 N–H and O–H groups in total. The standard InChI is InChI=1S/C40H48N4O3/c1-3-47-40(46)34(31-17-9-5-10-18-31)27-43-23-25-44(26-24-43)28-35-37(39(45)41-29(2)30-15-7-4-8-16-30)33-21-13-14-22-36(33)42-38(35)32-19-11-6-12-20-32/h5-6,9-14,17-22,29-30,34H,3-4,7-8,15-16,23-28H2,1-2H3,(H,41,45)/t29-,34+/m0/s1. The number of para-hydroxylation sites is 1. The third-order valence-corrected chi connectivity index (χ3v) is 10.0. The number of fused-ring (bicyclic) bond motifs is 1. The van der Waals surface area contributed by atoms with E-state index in [0.717, 1.165) is 65.0 Å². The molecule has 2 atom stereocenters. The fraction of sp³-hybridized carbons (Fsp3) is 0.425. The molecular formula is C40H48N4O3. The summed E-state index contributed by atoms with van der Waals surface area (Å²) in [5.41, 5.74) is 5.42. The first-order valence-electron chi connectivity index (χ1n) is 17.5. The van der Waals surface area contributed by atoms with E-state index in [0.29, 0.717) is 25.6 Å². The third kappa shape index (κ3) is 7.91. The Hall–Kier alpha value is -4.07. The highest BCUT2D eigenvalue weighted by molar-refractivity contribution is 6.09. The summed E-state index contributed by atoms with van der Waals surface area (Å²) in [5.74, 6) is 0.0142.